The largest absolute Gasteiger partial charge is 0.354 e. The van der Waals surface area contributed by atoms with Crippen molar-refractivity contribution in [1.29, 1.82) is 0 Å². The van der Waals surface area contributed by atoms with E-state index >= 15 is 0 Å². The van der Waals surface area contributed by atoms with Gasteiger partial charge in [-0.1, -0.05) is 25.1 Å². The fourth-order valence-electron chi connectivity index (χ4n) is 1.27. The number of nitrogens with one attached hydrogen (secondary N) is 1. The second-order valence-electron chi connectivity index (χ2n) is 3.86. The van der Waals surface area contributed by atoms with Gasteiger partial charge in [-0.05, 0) is 25.3 Å². The average Bonchev–Trinajstić information content (AvgIpc) is 2.36. The summed E-state index contributed by atoms with van der Waals surface area (Å²) in [6.07, 6.45) is 1.95. The highest BCUT2D eigenvalue weighted by Gasteiger charge is 2.12. The van der Waals surface area contributed by atoms with Crippen molar-refractivity contribution in [3.05, 3.63) is 30.3 Å². The van der Waals surface area contributed by atoms with E-state index in [9.17, 15) is 4.79 Å². The minimum Gasteiger partial charge on any atom is -0.354 e. The first-order valence-electron chi connectivity index (χ1n) is 5.65. The van der Waals surface area contributed by atoms with Crippen LogP contribution in [0.25, 0.3) is 0 Å². The molecule has 0 aliphatic rings. The molecule has 1 N–H and O–H groups in total. The highest BCUT2D eigenvalue weighted by molar-refractivity contribution is 8.00. The van der Waals surface area contributed by atoms with E-state index in [2.05, 4.69) is 24.4 Å². The SMILES string of the molecule is CSC(C)C(=O)NCC(C)Sc1ccccc1. The molecule has 0 aliphatic carbocycles. The van der Waals surface area contributed by atoms with Gasteiger partial charge in [-0.2, -0.15) is 11.8 Å². The summed E-state index contributed by atoms with van der Waals surface area (Å²) in [5.41, 5.74) is 0. The van der Waals surface area contributed by atoms with Crippen molar-refractivity contribution in [2.75, 3.05) is 12.8 Å². The van der Waals surface area contributed by atoms with Gasteiger partial charge in [0, 0.05) is 16.7 Å². The number of carbonyl (C=O) groups is 1. The van der Waals surface area contributed by atoms with Crippen LogP contribution < -0.4 is 5.32 Å². The fraction of sp³-hybridized carbons (Fsp3) is 0.462. The van der Waals surface area contributed by atoms with Gasteiger partial charge in [0.2, 0.25) is 5.91 Å². The number of rotatable bonds is 6. The van der Waals surface area contributed by atoms with E-state index in [1.807, 2.05) is 31.4 Å². The molecule has 17 heavy (non-hydrogen) atoms. The summed E-state index contributed by atoms with van der Waals surface area (Å²) in [6.45, 7) is 4.76. The van der Waals surface area contributed by atoms with Crippen LogP contribution in [0.5, 0.6) is 0 Å². The van der Waals surface area contributed by atoms with E-state index in [1.54, 1.807) is 23.5 Å². The van der Waals surface area contributed by atoms with Crippen LogP contribution in [0, 0.1) is 0 Å². The van der Waals surface area contributed by atoms with Crippen LogP contribution in [0.15, 0.2) is 35.2 Å². The molecule has 94 valence electrons. The molecule has 2 atom stereocenters. The molecule has 1 aromatic carbocycles. The lowest BCUT2D eigenvalue weighted by Crippen LogP contribution is -2.34. The van der Waals surface area contributed by atoms with Crippen LogP contribution in [0.2, 0.25) is 0 Å². The minimum atomic E-state index is 0.0314. The Hall–Kier alpha value is -0.610. The average molecular weight is 269 g/mol. The minimum absolute atomic E-state index is 0.0314. The van der Waals surface area contributed by atoms with Gasteiger partial charge in [-0.3, -0.25) is 4.79 Å². The maximum atomic E-state index is 11.6. The molecule has 0 aromatic heterocycles. The number of amides is 1. The van der Waals surface area contributed by atoms with Crippen molar-refractivity contribution >= 4 is 29.4 Å². The molecule has 0 fully saturated rings. The Morgan fingerprint density at radius 2 is 1.94 bits per heavy atom. The Labute approximate surface area is 112 Å². The van der Waals surface area contributed by atoms with Crippen molar-refractivity contribution in [3.8, 4) is 0 Å². The first kappa shape index (κ1) is 14.5. The molecular weight excluding hydrogens is 250 g/mol. The monoisotopic (exact) mass is 269 g/mol. The highest BCUT2D eigenvalue weighted by Crippen LogP contribution is 2.22. The molecular formula is C13H19NOS2. The molecule has 1 aromatic rings. The molecule has 2 unspecified atom stereocenters. The Kier molecular flexibility index (Phi) is 6.52. The van der Waals surface area contributed by atoms with Gasteiger partial charge >= 0.3 is 0 Å². The summed E-state index contributed by atoms with van der Waals surface area (Å²) >= 11 is 3.35. The van der Waals surface area contributed by atoms with Gasteiger partial charge in [0.25, 0.3) is 0 Å². The van der Waals surface area contributed by atoms with Crippen LogP contribution in [0.4, 0.5) is 0 Å². The maximum absolute atomic E-state index is 11.6. The summed E-state index contributed by atoms with van der Waals surface area (Å²) in [7, 11) is 0. The number of thioether (sulfide) groups is 2. The second kappa shape index (κ2) is 7.67. The van der Waals surface area contributed by atoms with Gasteiger partial charge in [-0.15, -0.1) is 11.8 Å². The third-order valence-corrected chi connectivity index (χ3v) is 4.40. The van der Waals surface area contributed by atoms with E-state index < -0.39 is 0 Å². The molecule has 0 spiro atoms. The molecule has 2 nitrogen and oxygen atoms in total. The van der Waals surface area contributed by atoms with Crippen molar-refractivity contribution in [3.63, 3.8) is 0 Å². The Bertz CT molecular complexity index is 343. The highest BCUT2D eigenvalue weighted by atomic mass is 32.2. The predicted octanol–water partition coefficient (Wildman–Crippen LogP) is 3.03. The van der Waals surface area contributed by atoms with Crippen molar-refractivity contribution in [2.45, 2.75) is 29.2 Å². The van der Waals surface area contributed by atoms with Crippen molar-refractivity contribution in [1.82, 2.24) is 5.32 Å². The molecule has 0 saturated heterocycles. The number of hydrogen-bond donors (Lipinski definition) is 1. The van der Waals surface area contributed by atoms with E-state index in [1.165, 1.54) is 4.90 Å². The lowest BCUT2D eigenvalue weighted by Gasteiger charge is -2.14. The lowest BCUT2D eigenvalue weighted by molar-refractivity contribution is -0.120. The van der Waals surface area contributed by atoms with Crippen LogP contribution in [-0.4, -0.2) is 29.2 Å². The standard InChI is InChI=1S/C13H19NOS2/c1-10(9-14-13(15)11(2)16-3)17-12-7-5-4-6-8-12/h4-8,10-11H,9H2,1-3H3,(H,14,15). The topological polar surface area (TPSA) is 29.1 Å². The van der Waals surface area contributed by atoms with Gasteiger partial charge < -0.3 is 5.32 Å². The smallest absolute Gasteiger partial charge is 0.232 e. The summed E-state index contributed by atoms with van der Waals surface area (Å²) in [5.74, 6) is 0.123. The Balaban J connectivity index is 2.31. The normalized spacial score (nSPS) is 14.1. The lowest BCUT2D eigenvalue weighted by atomic mass is 10.4. The Morgan fingerprint density at radius 1 is 1.29 bits per heavy atom. The van der Waals surface area contributed by atoms with Crippen molar-refractivity contribution in [2.24, 2.45) is 0 Å². The molecule has 4 heteroatoms. The van der Waals surface area contributed by atoms with Gasteiger partial charge in [0.1, 0.15) is 0 Å². The van der Waals surface area contributed by atoms with Crippen LogP contribution in [0.3, 0.4) is 0 Å². The van der Waals surface area contributed by atoms with E-state index in [4.69, 9.17) is 0 Å². The molecule has 1 rings (SSSR count). The summed E-state index contributed by atoms with van der Waals surface area (Å²) in [4.78, 5) is 12.8. The number of carbonyl (C=O) groups excluding carboxylic acids is 1. The van der Waals surface area contributed by atoms with Crippen LogP contribution in [0.1, 0.15) is 13.8 Å². The molecule has 0 bridgehead atoms. The molecule has 0 aliphatic heterocycles. The molecule has 0 heterocycles. The third-order valence-electron chi connectivity index (χ3n) is 2.37. The summed E-state index contributed by atoms with van der Waals surface area (Å²) in [5, 5.41) is 3.39. The van der Waals surface area contributed by atoms with Crippen LogP contribution >= 0.6 is 23.5 Å². The van der Waals surface area contributed by atoms with E-state index in [0.29, 0.717) is 11.8 Å². The Morgan fingerprint density at radius 3 is 2.53 bits per heavy atom. The fourth-order valence-corrected chi connectivity index (χ4v) is 2.51. The zero-order chi connectivity index (χ0) is 12.7. The van der Waals surface area contributed by atoms with E-state index in [0.717, 1.165) is 0 Å². The number of hydrogen-bond acceptors (Lipinski definition) is 3. The zero-order valence-electron chi connectivity index (χ0n) is 10.5. The maximum Gasteiger partial charge on any atom is 0.232 e. The van der Waals surface area contributed by atoms with Gasteiger partial charge in [-0.25, -0.2) is 0 Å². The second-order valence-corrected chi connectivity index (χ2v) is 6.55. The quantitative estimate of drug-likeness (QED) is 0.805. The summed E-state index contributed by atoms with van der Waals surface area (Å²) in [6, 6.07) is 10.3. The van der Waals surface area contributed by atoms with E-state index in [-0.39, 0.29) is 11.2 Å². The molecule has 0 saturated carbocycles. The first-order valence-corrected chi connectivity index (χ1v) is 7.82. The number of benzene rings is 1. The summed E-state index contributed by atoms with van der Waals surface area (Å²) < 4.78 is 0. The van der Waals surface area contributed by atoms with Gasteiger partial charge in [0.05, 0.1) is 5.25 Å². The predicted molar refractivity (Wildman–Crippen MR) is 77.7 cm³/mol. The van der Waals surface area contributed by atoms with Crippen molar-refractivity contribution < 1.29 is 4.79 Å². The first-order chi connectivity index (χ1) is 8.13. The zero-order valence-corrected chi connectivity index (χ0v) is 12.1. The molecule has 1 amide bonds. The van der Waals surface area contributed by atoms with Crippen LogP contribution in [-0.2, 0) is 4.79 Å². The van der Waals surface area contributed by atoms with Gasteiger partial charge in [0.15, 0.2) is 0 Å². The third kappa shape index (κ3) is 5.50. The molecule has 0 radical (unpaired) electrons.